The molecule has 1 aliphatic heterocycles. The van der Waals surface area contributed by atoms with Crippen LogP contribution >= 0.6 is 0 Å². The summed E-state index contributed by atoms with van der Waals surface area (Å²) in [6.07, 6.45) is -0.459. The van der Waals surface area contributed by atoms with Gasteiger partial charge in [0.1, 0.15) is 34.7 Å². The average Bonchev–Trinajstić information content (AvgIpc) is 3.27. The summed E-state index contributed by atoms with van der Waals surface area (Å²) < 4.78 is 0. The highest BCUT2D eigenvalue weighted by Crippen LogP contribution is 2.20. The zero-order valence-electron chi connectivity index (χ0n) is 40.3. The van der Waals surface area contributed by atoms with Crippen molar-refractivity contribution in [2.24, 2.45) is 5.92 Å². The van der Waals surface area contributed by atoms with Crippen molar-refractivity contribution in [3.05, 3.63) is 119 Å². The fraction of sp³-hybridized carbons (Fsp3) is 0.404. The van der Waals surface area contributed by atoms with E-state index >= 15 is 0 Å². The van der Waals surface area contributed by atoms with Crippen molar-refractivity contribution in [1.29, 1.82) is 0 Å². The van der Waals surface area contributed by atoms with Gasteiger partial charge in [-0.25, -0.2) is 0 Å². The number of hydrogen-bond acceptors (Lipinski definition) is 9. The molecule has 7 N–H and O–H groups in total. The zero-order valence-corrected chi connectivity index (χ0v) is 40.3. The Morgan fingerprint density at radius 1 is 0.471 bits per heavy atom. The van der Waals surface area contributed by atoms with E-state index in [9.17, 15) is 43.2 Å². The summed E-state index contributed by atoms with van der Waals surface area (Å²) >= 11 is 0. The normalized spacial score (nSPS) is 23.0. The van der Waals surface area contributed by atoms with Crippen LogP contribution in [0.15, 0.2) is 97.1 Å². The molecule has 68 heavy (non-hydrogen) atoms. The van der Waals surface area contributed by atoms with Gasteiger partial charge in [-0.2, -0.15) is 0 Å². The third kappa shape index (κ3) is 13.0. The molecule has 5 rings (SSSR count). The zero-order chi connectivity index (χ0) is 50.4. The Morgan fingerprint density at radius 3 is 1.46 bits per heavy atom. The summed E-state index contributed by atoms with van der Waals surface area (Å²) in [5, 5.41) is 20.7. The highest BCUT2D eigenvalue weighted by molar-refractivity contribution is 6.09. The third-order valence-electron chi connectivity index (χ3n) is 12.0. The molecule has 16 heteroatoms. The highest BCUT2D eigenvalue weighted by Gasteiger charge is 2.41. The van der Waals surface area contributed by atoms with Crippen molar-refractivity contribution in [1.82, 2.24) is 37.2 Å². The molecule has 1 heterocycles. The number of fused-ring (bicyclic) bond motifs is 1. The summed E-state index contributed by atoms with van der Waals surface area (Å²) in [5.41, 5.74) is -4.38. The molecule has 0 radical (unpaired) electrons. The summed E-state index contributed by atoms with van der Waals surface area (Å²) in [7, 11) is 0. The SMILES string of the molecule is CC1CC(=O)C(C)(C)NC(=O)C(Cc2ccc(C(=O)c3ccccc3)cc2)NC(=O)C(C)(C)NC(=O)C(C)NC(=O)C(C)(C)NC(=O)C(Cc2ccc3ccccc3c2)NC(=O)C(C)(C)NC1=O. The predicted molar refractivity (Wildman–Crippen MR) is 257 cm³/mol. The number of benzene rings is 4. The Labute approximate surface area is 396 Å². The predicted octanol–water partition coefficient (Wildman–Crippen LogP) is 3.52. The average molecular weight is 930 g/mol. The molecule has 7 amide bonds. The second-order valence-corrected chi connectivity index (χ2v) is 19.7. The second kappa shape index (κ2) is 20.7. The van der Waals surface area contributed by atoms with Crippen molar-refractivity contribution in [2.45, 2.75) is 129 Å². The Hall–Kier alpha value is -7.23. The first-order valence-corrected chi connectivity index (χ1v) is 22.6. The largest absolute Gasteiger partial charge is 0.343 e. The van der Waals surface area contributed by atoms with E-state index in [-0.39, 0.29) is 25.0 Å². The van der Waals surface area contributed by atoms with Crippen molar-refractivity contribution in [2.75, 3.05) is 0 Å². The number of carbonyl (C=O) groups excluding carboxylic acids is 9. The topological polar surface area (TPSA) is 238 Å². The van der Waals surface area contributed by atoms with Gasteiger partial charge in [0.05, 0.1) is 5.54 Å². The van der Waals surface area contributed by atoms with E-state index in [1.165, 1.54) is 69.2 Å². The minimum Gasteiger partial charge on any atom is -0.343 e. The molecule has 4 aromatic carbocycles. The summed E-state index contributed by atoms with van der Waals surface area (Å²) in [6.45, 7) is 14.4. The first-order valence-electron chi connectivity index (χ1n) is 22.6. The van der Waals surface area contributed by atoms with E-state index in [0.29, 0.717) is 22.3 Å². The van der Waals surface area contributed by atoms with E-state index in [1.54, 1.807) is 54.6 Å². The lowest BCUT2D eigenvalue weighted by Crippen LogP contribution is -2.65. The van der Waals surface area contributed by atoms with Gasteiger partial charge in [0, 0.05) is 36.3 Å². The number of Topliss-reactive ketones (excluding diaryl/α,β-unsaturated/α-hetero) is 1. The molecule has 0 saturated carbocycles. The second-order valence-electron chi connectivity index (χ2n) is 19.7. The van der Waals surface area contributed by atoms with Crippen LogP contribution in [0, 0.1) is 5.92 Å². The van der Waals surface area contributed by atoms with Crippen LogP contribution in [0.3, 0.4) is 0 Å². The molecular formula is C52H63N7O9. The van der Waals surface area contributed by atoms with E-state index < -0.39 is 93.3 Å². The lowest BCUT2D eigenvalue weighted by atomic mass is 9.89. The number of rotatable bonds is 6. The first kappa shape index (κ1) is 51.7. The lowest BCUT2D eigenvalue weighted by molar-refractivity contribution is -0.140. The molecule has 4 aromatic rings. The van der Waals surface area contributed by atoms with Crippen LogP contribution in [0.1, 0.15) is 103 Å². The van der Waals surface area contributed by atoms with Gasteiger partial charge >= 0.3 is 0 Å². The number of nitrogens with one attached hydrogen (secondary N) is 7. The molecule has 0 bridgehead atoms. The van der Waals surface area contributed by atoms with E-state index in [0.717, 1.165) is 10.8 Å². The minimum absolute atomic E-state index is 0.00526. The number of carbonyl (C=O) groups is 9. The van der Waals surface area contributed by atoms with Gasteiger partial charge in [-0.1, -0.05) is 104 Å². The standard InChI is InChI=1S/C52H63N7O9/c1-30-26-40(60)49(3,4)58-44(64)38(28-32-20-24-36(25-21-32)41(61)35-17-12-11-13-18-35)54-48(68)52(9,10)57-43(63)31(2)53-46(66)50(5,6)59-45(65)39(55-47(67)51(7,8)56-42(30)62)29-33-22-23-34-16-14-15-19-37(34)27-33/h11-25,27,30-31,38-39H,26,28-29H2,1-10H3,(H,53,66)(H,54,68)(H,55,67)(H,56,62)(H,57,63)(H,58,64)(H,59,65). The Kier molecular flexibility index (Phi) is 15.8. The molecule has 1 saturated heterocycles. The Morgan fingerprint density at radius 2 is 0.897 bits per heavy atom. The van der Waals surface area contributed by atoms with Crippen molar-refractivity contribution in [3.8, 4) is 0 Å². The van der Waals surface area contributed by atoms with Crippen LogP contribution in [0.25, 0.3) is 10.8 Å². The van der Waals surface area contributed by atoms with Gasteiger partial charge in [0.2, 0.25) is 41.4 Å². The molecule has 16 nitrogen and oxygen atoms in total. The van der Waals surface area contributed by atoms with Gasteiger partial charge < -0.3 is 37.2 Å². The summed E-state index contributed by atoms with van der Waals surface area (Å²) in [4.78, 5) is 124. The molecule has 4 unspecified atom stereocenters. The first-order chi connectivity index (χ1) is 31.7. The van der Waals surface area contributed by atoms with Crippen LogP contribution in [0.5, 0.6) is 0 Å². The molecule has 0 spiro atoms. The number of amides is 7. The fourth-order valence-corrected chi connectivity index (χ4v) is 7.43. The van der Waals surface area contributed by atoms with Crippen LogP contribution < -0.4 is 37.2 Å². The van der Waals surface area contributed by atoms with Crippen molar-refractivity contribution >= 4 is 63.7 Å². The van der Waals surface area contributed by atoms with E-state index in [2.05, 4.69) is 37.2 Å². The quantitative estimate of drug-likeness (QED) is 0.140. The van der Waals surface area contributed by atoms with Crippen molar-refractivity contribution in [3.63, 3.8) is 0 Å². The van der Waals surface area contributed by atoms with Gasteiger partial charge in [0.15, 0.2) is 11.6 Å². The maximum atomic E-state index is 14.2. The maximum absolute atomic E-state index is 14.2. The van der Waals surface area contributed by atoms with Crippen LogP contribution in [-0.4, -0.2) is 93.2 Å². The molecular weight excluding hydrogens is 867 g/mol. The molecule has 0 aliphatic carbocycles. The smallest absolute Gasteiger partial charge is 0.245 e. The van der Waals surface area contributed by atoms with Crippen LogP contribution in [0.2, 0.25) is 0 Å². The van der Waals surface area contributed by atoms with Gasteiger partial charge in [-0.3, -0.25) is 43.2 Å². The third-order valence-corrected chi connectivity index (χ3v) is 12.0. The highest BCUT2D eigenvalue weighted by atomic mass is 16.2. The Balaban J connectivity index is 1.44. The molecule has 4 atom stereocenters. The van der Waals surface area contributed by atoms with Gasteiger partial charge in [-0.05, 0) is 84.2 Å². The molecule has 360 valence electrons. The molecule has 1 aliphatic rings. The van der Waals surface area contributed by atoms with E-state index in [4.69, 9.17) is 0 Å². The van der Waals surface area contributed by atoms with E-state index in [1.807, 2.05) is 42.5 Å². The molecule has 0 aromatic heterocycles. The van der Waals surface area contributed by atoms with Gasteiger partial charge in [-0.15, -0.1) is 0 Å². The summed E-state index contributed by atoms with van der Waals surface area (Å²) in [5.74, 6) is -6.90. The molecule has 1 fully saturated rings. The maximum Gasteiger partial charge on any atom is 0.245 e. The van der Waals surface area contributed by atoms with Crippen LogP contribution in [0.4, 0.5) is 0 Å². The van der Waals surface area contributed by atoms with Gasteiger partial charge in [0.25, 0.3) is 0 Å². The minimum atomic E-state index is -1.67. The van der Waals surface area contributed by atoms with Crippen molar-refractivity contribution < 1.29 is 43.2 Å². The lowest BCUT2D eigenvalue weighted by Gasteiger charge is -2.33. The summed E-state index contributed by atoms with van der Waals surface area (Å²) in [6, 6.07) is 24.6. The Bertz CT molecular complexity index is 2600. The fourth-order valence-electron chi connectivity index (χ4n) is 7.43. The number of hydrogen-bond donors (Lipinski definition) is 7. The monoisotopic (exact) mass is 929 g/mol. The van der Waals surface area contributed by atoms with Crippen LogP contribution in [-0.2, 0) is 51.2 Å². The number of ketones is 2.